The number of amides is 1. The second-order valence-corrected chi connectivity index (χ2v) is 9.13. The number of carbonyl (C=O) groups excluding carboxylic acids is 1. The van der Waals surface area contributed by atoms with Crippen molar-refractivity contribution in [3.05, 3.63) is 34.6 Å². The van der Waals surface area contributed by atoms with Crippen molar-refractivity contribution in [2.24, 2.45) is 17.3 Å². The number of hydrogen-bond acceptors (Lipinski definition) is 3. The van der Waals surface area contributed by atoms with E-state index in [0.717, 1.165) is 19.1 Å². The number of carbonyl (C=O) groups is 1. The Labute approximate surface area is 165 Å². The smallest absolute Gasteiger partial charge is 0.251 e. The van der Waals surface area contributed by atoms with Gasteiger partial charge in [0.15, 0.2) is 0 Å². The van der Waals surface area contributed by atoms with Crippen molar-refractivity contribution < 1.29 is 13.9 Å². The molecule has 4 nitrogen and oxygen atoms in total. The van der Waals surface area contributed by atoms with Crippen LogP contribution < -0.4 is 5.32 Å². The van der Waals surface area contributed by atoms with Crippen LogP contribution in [0.5, 0.6) is 0 Å². The third kappa shape index (κ3) is 4.64. The Morgan fingerprint density at radius 2 is 1.96 bits per heavy atom. The zero-order valence-corrected chi connectivity index (χ0v) is 16.4. The first-order chi connectivity index (χ1) is 13.0. The number of halogens is 2. The zero-order valence-electron chi connectivity index (χ0n) is 15.7. The van der Waals surface area contributed by atoms with E-state index >= 15 is 0 Å². The molecule has 148 valence electrons. The molecule has 0 radical (unpaired) electrons. The number of benzene rings is 1. The van der Waals surface area contributed by atoms with Crippen LogP contribution in [0.3, 0.4) is 0 Å². The van der Waals surface area contributed by atoms with Crippen LogP contribution in [0, 0.1) is 23.1 Å². The standard InChI is InChI=1S/C21H28ClFN2O2/c22-18-7-17(8-19(23)9-18)20(26)24-12-16-10-21(11-16)13-25(14-21)4-1-15-2-5-27-6-3-15/h7-9,15-16H,1-6,10-14H2,(H,24,26). The SMILES string of the molecule is O=C(NCC1CC2(C1)CN(CCC1CCOCC1)C2)c1cc(F)cc(Cl)c1. The Kier molecular flexibility index (Phi) is 5.72. The molecule has 1 spiro atoms. The van der Waals surface area contributed by atoms with E-state index in [1.807, 2.05) is 0 Å². The van der Waals surface area contributed by atoms with Gasteiger partial charge in [-0.3, -0.25) is 4.79 Å². The molecule has 2 aliphatic heterocycles. The number of ether oxygens (including phenoxy) is 1. The van der Waals surface area contributed by atoms with Gasteiger partial charge in [0.05, 0.1) is 0 Å². The van der Waals surface area contributed by atoms with Crippen LogP contribution in [0.4, 0.5) is 4.39 Å². The van der Waals surface area contributed by atoms with Crippen LogP contribution in [0.1, 0.15) is 42.5 Å². The van der Waals surface area contributed by atoms with E-state index in [2.05, 4.69) is 10.2 Å². The molecule has 1 saturated carbocycles. The summed E-state index contributed by atoms with van der Waals surface area (Å²) in [5, 5.41) is 3.18. The fourth-order valence-electron chi connectivity index (χ4n) is 5.05. The van der Waals surface area contributed by atoms with E-state index in [0.29, 0.717) is 17.9 Å². The first-order valence-electron chi connectivity index (χ1n) is 10.1. The fraction of sp³-hybridized carbons (Fsp3) is 0.667. The molecule has 3 aliphatic rings. The number of likely N-dealkylation sites (tertiary alicyclic amines) is 1. The number of nitrogens with one attached hydrogen (secondary N) is 1. The highest BCUT2D eigenvalue weighted by Gasteiger charge is 2.51. The largest absolute Gasteiger partial charge is 0.381 e. The third-order valence-electron chi connectivity index (χ3n) is 6.43. The van der Waals surface area contributed by atoms with E-state index < -0.39 is 5.82 Å². The Balaban J connectivity index is 1.13. The van der Waals surface area contributed by atoms with Crippen LogP contribution in [-0.4, -0.2) is 50.2 Å². The van der Waals surface area contributed by atoms with Gasteiger partial charge in [-0.25, -0.2) is 4.39 Å². The van der Waals surface area contributed by atoms with Crippen LogP contribution in [0.25, 0.3) is 0 Å². The molecule has 1 amide bonds. The van der Waals surface area contributed by atoms with Crippen molar-refractivity contribution in [3.63, 3.8) is 0 Å². The molecule has 0 aromatic heterocycles. The highest BCUT2D eigenvalue weighted by atomic mass is 35.5. The number of rotatable bonds is 6. The van der Waals surface area contributed by atoms with E-state index in [4.69, 9.17) is 16.3 Å². The van der Waals surface area contributed by atoms with Gasteiger partial charge >= 0.3 is 0 Å². The molecule has 1 aliphatic carbocycles. The van der Waals surface area contributed by atoms with Gasteiger partial charge in [0.1, 0.15) is 5.82 Å². The van der Waals surface area contributed by atoms with E-state index in [1.165, 1.54) is 69.9 Å². The Hall–Kier alpha value is -1.17. The van der Waals surface area contributed by atoms with Crippen molar-refractivity contribution in [1.82, 2.24) is 10.2 Å². The normalized spacial score (nSPS) is 23.0. The summed E-state index contributed by atoms with van der Waals surface area (Å²) >= 11 is 5.82. The molecule has 6 heteroatoms. The van der Waals surface area contributed by atoms with Gasteiger partial charge in [-0.2, -0.15) is 0 Å². The molecule has 0 atom stereocenters. The Morgan fingerprint density at radius 1 is 1.22 bits per heavy atom. The molecule has 1 aromatic rings. The average Bonchev–Trinajstić information content (AvgIpc) is 2.58. The predicted molar refractivity (Wildman–Crippen MR) is 104 cm³/mol. The van der Waals surface area contributed by atoms with Crippen LogP contribution >= 0.6 is 11.6 Å². The van der Waals surface area contributed by atoms with Crippen molar-refractivity contribution in [2.75, 3.05) is 39.4 Å². The summed E-state index contributed by atoms with van der Waals surface area (Å²) in [4.78, 5) is 14.8. The second kappa shape index (κ2) is 8.06. The summed E-state index contributed by atoms with van der Waals surface area (Å²) < 4.78 is 18.8. The first-order valence-corrected chi connectivity index (χ1v) is 10.4. The van der Waals surface area contributed by atoms with Crippen molar-refractivity contribution in [3.8, 4) is 0 Å². The molecular formula is C21H28ClFN2O2. The summed E-state index contributed by atoms with van der Waals surface area (Å²) in [6.07, 6.45) is 6.11. The lowest BCUT2D eigenvalue weighted by atomic mass is 9.57. The monoisotopic (exact) mass is 394 g/mol. The quantitative estimate of drug-likeness (QED) is 0.799. The van der Waals surface area contributed by atoms with Gasteiger partial charge in [-0.05, 0) is 74.1 Å². The lowest BCUT2D eigenvalue weighted by Gasteiger charge is -2.59. The second-order valence-electron chi connectivity index (χ2n) is 8.70. The summed E-state index contributed by atoms with van der Waals surface area (Å²) in [5.41, 5.74) is 0.782. The minimum atomic E-state index is -0.481. The van der Waals surface area contributed by atoms with Crippen LogP contribution in [0.2, 0.25) is 5.02 Å². The summed E-state index contributed by atoms with van der Waals surface area (Å²) in [6.45, 7) is 6.17. The lowest BCUT2D eigenvalue weighted by Crippen LogP contribution is -2.63. The molecule has 27 heavy (non-hydrogen) atoms. The fourth-order valence-corrected chi connectivity index (χ4v) is 5.27. The maximum atomic E-state index is 13.4. The number of hydrogen-bond donors (Lipinski definition) is 1. The Morgan fingerprint density at radius 3 is 2.67 bits per heavy atom. The first kappa shape index (κ1) is 19.2. The van der Waals surface area contributed by atoms with Crippen molar-refractivity contribution in [1.29, 1.82) is 0 Å². The minimum absolute atomic E-state index is 0.246. The highest BCUT2D eigenvalue weighted by molar-refractivity contribution is 6.31. The number of nitrogens with zero attached hydrogens (tertiary/aromatic N) is 1. The summed E-state index contributed by atoms with van der Waals surface area (Å²) in [5.74, 6) is 0.654. The molecule has 1 aromatic carbocycles. The Bertz CT molecular complexity index is 659. The van der Waals surface area contributed by atoms with E-state index in [1.54, 1.807) is 0 Å². The average molecular weight is 395 g/mol. The minimum Gasteiger partial charge on any atom is -0.381 e. The molecule has 4 rings (SSSR count). The maximum absolute atomic E-state index is 13.4. The predicted octanol–water partition coefficient (Wildman–Crippen LogP) is 3.74. The van der Waals surface area contributed by atoms with E-state index in [-0.39, 0.29) is 16.5 Å². The van der Waals surface area contributed by atoms with Crippen LogP contribution in [-0.2, 0) is 4.74 Å². The van der Waals surface area contributed by atoms with Gasteiger partial charge in [0, 0.05) is 43.4 Å². The van der Waals surface area contributed by atoms with Gasteiger partial charge < -0.3 is 15.0 Å². The maximum Gasteiger partial charge on any atom is 0.251 e. The molecule has 0 unspecified atom stereocenters. The molecule has 2 heterocycles. The lowest BCUT2D eigenvalue weighted by molar-refractivity contribution is -0.0951. The van der Waals surface area contributed by atoms with E-state index in [9.17, 15) is 9.18 Å². The molecular weight excluding hydrogens is 367 g/mol. The third-order valence-corrected chi connectivity index (χ3v) is 6.65. The molecule has 3 fully saturated rings. The van der Waals surface area contributed by atoms with Gasteiger partial charge in [0.2, 0.25) is 0 Å². The topological polar surface area (TPSA) is 41.6 Å². The molecule has 1 N–H and O–H groups in total. The van der Waals surface area contributed by atoms with Gasteiger partial charge in [0.25, 0.3) is 5.91 Å². The molecule has 0 bridgehead atoms. The zero-order chi connectivity index (χ0) is 18.9. The summed E-state index contributed by atoms with van der Waals surface area (Å²) in [7, 11) is 0. The van der Waals surface area contributed by atoms with Gasteiger partial charge in [-0.1, -0.05) is 11.6 Å². The summed E-state index contributed by atoms with van der Waals surface area (Å²) in [6, 6.07) is 3.94. The van der Waals surface area contributed by atoms with Crippen molar-refractivity contribution >= 4 is 17.5 Å². The van der Waals surface area contributed by atoms with Crippen LogP contribution in [0.15, 0.2) is 18.2 Å². The molecule has 2 saturated heterocycles. The van der Waals surface area contributed by atoms with Crippen molar-refractivity contribution in [2.45, 2.75) is 32.1 Å². The highest BCUT2D eigenvalue weighted by Crippen LogP contribution is 2.51. The van der Waals surface area contributed by atoms with Gasteiger partial charge in [-0.15, -0.1) is 0 Å².